The Morgan fingerprint density at radius 2 is 1.69 bits per heavy atom. The Hall–Kier alpha value is -2.34. The predicted molar refractivity (Wildman–Crippen MR) is 120 cm³/mol. The first-order valence-corrected chi connectivity index (χ1v) is 11.6. The van der Waals surface area contributed by atoms with Crippen LogP contribution in [-0.4, -0.2) is 74.0 Å². The van der Waals surface area contributed by atoms with Crippen molar-refractivity contribution in [1.82, 2.24) is 0 Å². The second-order valence-corrected chi connectivity index (χ2v) is 9.04. The minimum absolute atomic E-state index is 0.0822. The minimum Gasteiger partial charge on any atom is -0.463 e. The zero-order chi connectivity index (χ0) is 25.0. The van der Waals surface area contributed by atoms with Crippen LogP contribution in [0.2, 0.25) is 0 Å². The fraction of sp³-hybridized carbons (Fsp3) is 0.600. The lowest BCUT2D eigenvalue weighted by Crippen LogP contribution is -2.44. The van der Waals surface area contributed by atoms with E-state index in [0.29, 0.717) is 6.61 Å². The SMILES string of the molecule is CC(=O)OCC1OC(OCC2OC3OC(C)(C)OC3C2OCc2ccccc2)C=CC1OC(C)=O. The van der Waals surface area contributed by atoms with Crippen molar-refractivity contribution < 1.29 is 47.5 Å². The maximum atomic E-state index is 11.4. The number of fused-ring (bicyclic) bond motifs is 1. The standard InChI is InChI=1S/C25H32O10/c1-15(26)28-13-19-18(31-16(2)27)10-11-21(32-19)29-14-20-22(30-12-17-8-6-5-7-9-17)23-24(33-20)35-25(3,4)34-23/h5-11,18-24H,12-14H2,1-4H3. The molecule has 35 heavy (non-hydrogen) atoms. The van der Waals surface area contributed by atoms with Gasteiger partial charge >= 0.3 is 11.9 Å². The number of benzene rings is 1. The van der Waals surface area contributed by atoms with Crippen LogP contribution in [0.15, 0.2) is 42.5 Å². The van der Waals surface area contributed by atoms with E-state index in [9.17, 15) is 9.59 Å². The van der Waals surface area contributed by atoms with Gasteiger partial charge in [0.2, 0.25) is 0 Å². The van der Waals surface area contributed by atoms with Gasteiger partial charge in [-0.25, -0.2) is 0 Å². The monoisotopic (exact) mass is 492 g/mol. The first kappa shape index (κ1) is 25.7. The van der Waals surface area contributed by atoms with Crippen LogP contribution in [0, 0.1) is 0 Å². The van der Waals surface area contributed by atoms with Crippen molar-refractivity contribution in [2.75, 3.05) is 13.2 Å². The van der Waals surface area contributed by atoms with E-state index in [4.69, 9.17) is 37.9 Å². The van der Waals surface area contributed by atoms with Crippen molar-refractivity contribution in [3.8, 4) is 0 Å². The molecule has 3 aliphatic heterocycles. The third-order valence-corrected chi connectivity index (χ3v) is 5.68. The van der Waals surface area contributed by atoms with Crippen LogP contribution in [0.1, 0.15) is 33.3 Å². The second-order valence-electron chi connectivity index (χ2n) is 9.04. The molecule has 2 saturated heterocycles. The molecule has 0 N–H and O–H groups in total. The molecule has 3 heterocycles. The first-order valence-electron chi connectivity index (χ1n) is 11.6. The molecule has 0 radical (unpaired) electrons. The Morgan fingerprint density at radius 1 is 0.914 bits per heavy atom. The molecule has 192 valence electrons. The van der Waals surface area contributed by atoms with Crippen LogP contribution in [0.4, 0.5) is 0 Å². The third kappa shape index (κ3) is 6.87. The van der Waals surface area contributed by atoms with Crippen LogP contribution in [0.3, 0.4) is 0 Å². The maximum Gasteiger partial charge on any atom is 0.303 e. The summed E-state index contributed by atoms with van der Waals surface area (Å²) in [7, 11) is 0. The summed E-state index contributed by atoms with van der Waals surface area (Å²) in [5.41, 5.74) is 1.03. The predicted octanol–water partition coefficient (Wildman–Crippen LogP) is 2.24. The lowest BCUT2D eigenvalue weighted by molar-refractivity contribution is -0.239. The molecule has 2 fully saturated rings. The van der Waals surface area contributed by atoms with Gasteiger partial charge in [0.25, 0.3) is 0 Å². The van der Waals surface area contributed by atoms with Gasteiger partial charge in [-0.05, 0) is 31.6 Å². The molecule has 0 aliphatic carbocycles. The van der Waals surface area contributed by atoms with Gasteiger partial charge in [-0.2, -0.15) is 0 Å². The van der Waals surface area contributed by atoms with Crippen LogP contribution in [0.25, 0.3) is 0 Å². The average molecular weight is 493 g/mol. The van der Waals surface area contributed by atoms with E-state index >= 15 is 0 Å². The Labute approximate surface area is 204 Å². The van der Waals surface area contributed by atoms with Crippen molar-refractivity contribution in [3.63, 3.8) is 0 Å². The molecule has 3 aliphatic rings. The highest BCUT2D eigenvalue weighted by Gasteiger charge is 2.55. The molecule has 0 amide bonds. The molecular weight excluding hydrogens is 460 g/mol. The van der Waals surface area contributed by atoms with Gasteiger partial charge in [0, 0.05) is 13.8 Å². The zero-order valence-corrected chi connectivity index (χ0v) is 20.3. The van der Waals surface area contributed by atoms with E-state index in [1.807, 2.05) is 44.2 Å². The van der Waals surface area contributed by atoms with Crippen molar-refractivity contribution in [2.45, 2.75) is 83.2 Å². The Morgan fingerprint density at radius 3 is 2.40 bits per heavy atom. The van der Waals surface area contributed by atoms with Gasteiger partial charge in [-0.3, -0.25) is 9.59 Å². The molecule has 4 rings (SSSR count). The molecule has 0 bridgehead atoms. The number of esters is 2. The quantitative estimate of drug-likeness (QED) is 0.376. The van der Waals surface area contributed by atoms with Gasteiger partial charge in [-0.15, -0.1) is 0 Å². The summed E-state index contributed by atoms with van der Waals surface area (Å²) in [6.45, 7) is 6.69. The highest BCUT2D eigenvalue weighted by Crippen LogP contribution is 2.39. The molecule has 10 heteroatoms. The average Bonchev–Trinajstić information content (AvgIpc) is 3.27. The summed E-state index contributed by atoms with van der Waals surface area (Å²) in [6.07, 6.45) is -0.753. The van der Waals surface area contributed by atoms with Gasteiger partial charge in [-0.1, -0.05) is 30.3 Å². The summed E-state index contributed by atoms with van der Waals surface area (Å²) < 4.78 is 46.4. The fourth-order valence-electron chi connectivity index (χ4n) is 4.19. The van der Waals surface area contributed by atoms with Gasteiger partial charge in [0.1, 0.15) is 37.1 Å². The zero-order valence-electron chi connectivity index (χ0n) is 20.3. The van der Waals surface area contributed by atoms with E-state index in [-0.39, 0.29) is 13.2 Å². The van der Waals surface area contributed by atoms with Gasteiger partial charge < -0.3 is 37.9 Å². The van der Waals surface area contributed by atoms with Crippen LogP contribution < -0.4 is 0 Å². The fourth-order valence-corrected chi connectivity index (χ4v) is 4.19. The molecule has 7 atom stereocenters. The minimum atomic E-state index is -0.777. The lowest BCUT2D eigenvalue weighted by atomic mass is 10.1. The summed E-state index contributed by atoms with van der Waals surface area (Å²) in [5, 5.41) is 0. The molecule has 1 aromatic carbocycles. The molecule has 1 aromatic rings. The number of ether oxygens (including phenoxy) is 8. The Bertz CT molecular complexity index is 901. The largest absolute Gasteiger partial charge is 0.463 e. The summed E-state index contributed by atoms with van der Waals surface area (Å²) >= 11 is 0. The molecule has 7 unspecified atom stereocenters. The molecular formula is C25H32O10. The lowest BCUT2D eigenvalue weighted by Gasteiger charge is -2.32. The van der Waals surface area contributed by atoms with E-state index in [1.54, 1.807) is 12.2 Å². The number of carbonyl (C=O) groups is 2. The molecule has 0 aromatic heterocycles. The van der Waals surface area contributed by atoms with Gasteiger partial charge in [0.15, 0.2) is 18.4 Å². The van der Waals surface area contributed by atoms with E-state index in [0.717, 1.165) is 5.56 Å². The normalized spacial score (nSPS) is 33.3. The number of carbonyl (C=O) groups excluding carboxylic acids is 2. The molecule has 10 nitrogen and oxygen atoms in total. The van der Waals surface area contributed by atoms with Crippen molar-refractivity contribution in [2.24, 2.45) is 0 Å². The highest BCUT2D eigenvalue weighted by atomic mass is 16.8. The number of hydrogen-bond acceptors (Lipinski definition) is 10. The highest BCUT2D eigenvalue weighted by molar-refractivity contribution is 5.66. The molecule has 0 spiro atoms. The Kier molecular flexibility index (Phi) is 8.20. The van der Waals surface area contributed by atoms with E-state index < -0.39 is 60.8 Å². The number of hydrogen-bond donors (Lipinski definition) is 0. The van der Waals surface area contributed by atoms with Crippen molar-refractivity contribution >= 4 is 11.9 Å². The van der Waals surface area contributed by atoms with Crippen LogP contribution >= 0.6 is 0 Å². The Balaban J connectivity index is 1.38. The van der Waals surface area contributed by atoms with E-state index in [2.05, 4.69) is 0 Å². The van der Waals surface area contributed by atoms with E-state index in [1.165, 1.54) is 13.8 Å². The smallest absolute Gasteiger partial charge is 0.303 e. The first-order chi connectivity index (χ1) is 16.7. The van der Waals surface area contributed by atoms with Gasteiger partial charge in [0.05, 0.1) is 13.2 Å². The summed E-state index contributed by atoms with van der Waals surface area (Å²) in [5.74, 6) is -1.71. The maximum absolute atomic E-state index is 11.4. The summed E-state index contributed by atoms with van der Waals surface area (Å²) in [4.78, 5) is 22.7. The topological polar surface area (TPSA) is 108 Å². The molecule has 0 saturated carbocycles. The van der Waals surface area contributed by atoms with Crippen LogP contribution in [0.5, 0.6) is 0 Å². The van der Waals surface area contributed by atoms with Crippen molar-refractivity contribution in [3.05, 3.63) is 48.0 Å². The van der Waals surface area contributed by atoms with Crippen molar-refractivity contribution in [1.29, 1.82) is 0 Å². The third-order valence-electron chi connectivity index (χ3n) is 5.68. The second kappa shape index (κ2) is 11.2. The van der Waals surface area contributed by atoms with Crippen LogP contribution in [-0.2, 0) is 54.1 Å². The number of rotatable bonds is 9. The summed E-state index contributed by atoms with van der Waals surface area (Å²) in [6, 6.07) is 9.82.